The number of aryl methyl sites for hydroxylation is 1. The van der Waals surface area contributed by atoms with E-state index in [-0.39, 0.29) is 18.5 Å². The Bertz CT molecular complexity index is 1380. The average Bonchev–Trinajstić information content (AvgIpc) is 2.93. The van der Waals surface area contributed by atoms with Crippen molar-refractivity contribution in [1.82, 2.24) is 10.2 Å². The minimum Gasteiger partial charge on any atom is -0.489 e. The Hall–Kier alpha value is -3.85. The van der Waals surface area contributed by atoms with Gasteiger partial charge in [-0.1, -0.05) is 67.1 Å². The monoisotopic (exact) mass is 565 g/mol. The first-order valence-corrected chi connectivity index (χ1v) is 15.2. The number of sulfonamides is 1. The Kier molecular flexibility index (Phi) is 10.7. The van der Waals surface area contributed by atoms with Crippen LogP contribution in [0.3, 0.4) is 0 Å². The Morgan fingerprint density at radius 2 is 1.57 bits per heavy atom. The number of rotatable bonds is 13. The van der Waals surface area contributed by atoms with Gasteiger partial charge in [0.1, 0.15) is 24.9 Å². The summed E-state index contributed by atoms with van der Waals surface area (Å²) in [5, 5.41) is 2.93. The van der Waals surface area contributed by atoms with Crippen molar-refractivity contribution in [3.8, 4) is 5.75 Å². The summed E-state index contributed by atoms with van der Waals surface area (Å²) in [7, 11) is -3.82. The fourth-order valence-corrected chi connectivity index (χ4v) is 4.97. The van der Waals surface area contributed by atoms with E-state index in [0.29, 0.717) is 18.0 Å². The third kappa shape index (κ3) is 8.84. The largest absolute Gasteiger partial charge is 0.489 e. The molecule has 214 valence electrons. The van der Waals surface area contributed by atoms with Crippen LogP contribution in [0.4, 0.5) is 5.69 Å². The molecule has 3 aromatic rings. The Labute approximate surface area is 238 Å². The lowest BCUT2D eigenvalue weighted by molar-refractivity contribution is -0.139. The third-order valence-corrected chi connectivity index (χ3v) is 7.80. The molecule has 0 saturated heterocycles. The van der Waals surface area contributed by atoms with Gasteiger partial charge in [-0.25, -0.2) is 8.42 Å². The van der Waals surface area contributed by atoms with Crippen LogP contribution >= 0.6 is 0 Å². The molecule has 40 heavy (non-hydrogen) atoms. The van der Waals surface area contributed by atoms with Crippen molar-refractivity contribution in [2.45, 2.75) is 59.4 Å². The maximum Gasteiger partial charge on any atom is 0.244 e. The molecule has 0 fully saturated rings. The van der Waals surface area contributed by atoms with Gasteiger partial charge in [-0.05, 0) is 62.6 Å². The van der Waals surface area contributed by atoms with Crippen molar-refractivity contribution < 1.29 is 22.7 Å². The molecular weight excluding hydrogens is 526 g/mol. The Morgan fingerprint density at radius 3 is 2.17 bits per heavy atom. The highest BCUT2D eigenvalue weighted by molar-refractivity contribution is 7.92. The second kappa shape index (κ2) is 14.0. The highest BCUT2D eigenvalue weighted by atomic mass is 32.2. The molecule has 0 bridgehead atoms. The summed E-state index contributed by atoms with van der Waals surface area (Å²) in [5.74, 6) is -0.201. The first-order chi connectivity index (χ1) is 19.0. The molecule has 0 unspecified atom stereocenters. The molecule has 2 atom stereocenters. The molecule has 0 aliphatic carbocycles. The summed E-state index contributed by atoms with van der Waals surface area (Å²) in [6.45, 7) is 7.57. The molecule has 3 rings (SSSR count). The number of ether oxygens (including phenoxy) is 1. The predicted molar refractivity (Wildman–Crippen MR) is 158 cm³/mol. The fourth-order valence-electron chi connectivity index (χ4n) is 4.12. The molecule has 0 aliphatic heterocycles. The lowest BCUT2D eigenvalue weighted by atomic mass is 10.1. The number of nitrogens with one attached hydrogen (secondary N) is 1. The summed E-state index contributed by atoms with van der Waals surface area (Å²) in [4.78, 5) is 28.2. The van der Waals surface area contributed by atoms with Crippen molar-refractivity contribution in [1.29, 1.82) is 0 Å². The van der Waals surface area contributed by atoms with Gasteiger partial charge in [0, 0.05) is 12.6 Å². The second-order valence-electron chi connectivity index (χ2n) is 10.0. The van der Waals surface area contributed by atoms with Crippen LogP contribution in [0.25, 0.3) is 0 Å². The van der Waals surface area contributed by atoms with Crippen LogP contribution < -0.4 is 14.4 Å². The van der Waals surface area contributed by atoms with Gasteiger partial charge in [0.2, 0.25) is 21.8 Å². The van der Waals surface area contributed by atoms with Gasteiger partial charge in [-0.2, -0.15) is 0 Å². The molecule has 9 heteroatoms. The minimum absolute atomic E-state index is 0.0546. The second-order valence-corrected chi connectivity index (χ2v) is 11.9. The third-order valence-electron chi connectivity index (χ3n) is 6.66. The number of hydrogen-bond donors (Lipinski definition) is 1. The zero-order valence-corrected chi connectivity index (χ0v) is 24.6. The van der Waals surface area contributed by atoms with Crippen molar-refractivity contribution >= 4 is 27.5 Å². The quantitative estimate of drug-likeness (QED) is 0.325. The summed E-state index contributed by atoms with van der Waals surface area (Å²) < 4.78 is 32.5. The van der Waals surface area contributed by atoms with E-state index >= 15 is 0 Å². The lowest BCUT2D eigenvalue weighted by Crippen LogP contribution is -2.52. The molecule has 0 aromatic heterocycles. The molecule has 0 aliphatic rings. The topological polar surface area (TPSA) is 96.0 Å². The van der Waals surface area contributed by atoms with E-state index in [2.05, 4.69) is 5.32 Å². The first kappa shape index (κ1) is 30.7. The van der Waals surface area contributed by atoms with Gasteiger partial charge in [0.25, 0.3) is 0 Å². The number of carbonyl (C=O) groups is 2. The van der Waals surface area contributed by atoms with Crippen LogP contribution in [0.1, 0.15) is 43.9 Å². The summed E-state index contributed by atoms with van der Waals surface area (Å²) in [5.41, 5.74) is 3.21. The van der Waals surface area contributed by atoms with E-state index in [1.54, 1.807) is 31.2 Å². The zero-order valence-electron chi connectivity index (χ0n) is 23.8. The first-order valence-electron chi connectivity index (χ1n) is 13.4. The van der Waals surface area contributed by atoms with Crippen molar-refractivity contribution in [2.75, 3.05) is 17.1 Å². The molecule has 0 radical (unpaired) electrons. The maximum atomic E-state index is 13.7. The highest BCUT2D eigenvalue weighted by Gasteiger charge is 2.30. The van der Waals surface area contributed by atoms with E-state index in [0.717, 1.165) is 33.7 Å². The lowest BCUT2D eigenvalue weighted by Gasteiger charge is -2.32. The van der Waals surface area contributed by atoms with E-state index in [4.69, 9.17) is 4.74 Å². The molecule has 3 aromatic carbocycles. The van der Waals surface area contributed by atoms with Gasteiger partial charge >= 0.3 is 0 Å². The number of nitrogens with zero attached hydrogens (tertiary/aromatic N) is 2. The summed E-state index contributed by atoms with van der Waals surface area (Å²) >= 11 is 0. The van der Waals surface area contributed by atoms with E-state index in [1.807, 2.05) is 75.4 Å². The van der Waals surface area contributed by atoms with E-state index < -0.39 is 28.5 Å². The minimum atomic E-state index is -3.82. The Balaban J connectivity index is 1.82. The van der Waals surface area contributed by atoms with E-state index in [1.165, 1.54) is 4.90 Å². The molecule has 0 saturated carbocycles. The van der Waals surface area contributed by atoms with Crippen LogP contribution in [0.5, 0.6) is 5.75 Å². The van der Waals surface area contributed by atoms with Gasteiger partial charge in [-0.3, -0.25) is 13.9 Å². The average molecular weight is 566 g/mol. The number of anilines is 1. The van der Waals surface area contributed by atoms with Crippen LogP contribution in [0.2, 0.25) is 0 Å². The van der Waals surface area contributed by atoms with Crippen LogP contribution in [0, 0.1) is 6.92 Å². The number of amides is 2. The molecule has 0 spiro atoms. The molecule has 0 heterocycles. The fraction of sp³-hybridized carbons (Fsp3) is 0.355. The van der Waals surface area contributed by atoms with Crippen molar-refractivity contribution in [2.24, 2.45) is 0 Å². The maximum absolute atomic E-state index is 13.7. The summed E-state index contributed by atoms with van der Waals surface area (Å²) in [6.07, 6.45) is 1.81. The number of benzene rings is 3. The van der Waals surface area contributed by atoms with Crippen LogP contribution in [-0.4, -0.2) is 50.0 Å². The standard InChI is InChI=1S/C31H39N3O5S/c1-6-24(3)32-31(36)25(4)33(20-27-14-10-11-23(2)19-27)30(35)21-34(40(5,37)38)28-15-17-29(18-16-28)39-22-26-12-8-7-9-13-26/h7-19,24-25H,6,20-22H2,1-5H3,(H,32,36)/t24-,25+/m0/s1. The molecule has 1 N–H and O–H groups in total. The molecule has 8 nitrogen and oxygen atoms in total. The van der Waals surface area contributed by atoms with Crippen LogP contribution in [0.15, 0.2) is 78.9 Å². The predicted octanol–water partition coefficient (Wildman–Crippen LogP) is 4.67. The van der Waals surface area contributed by atoms with E-state index in [9.17, 15) is 18.0 Å². The van der Waals surface area contributed by atoms with Crippen LogP contribution in [-0.2, 0) is 32.8 Å². The molecular formula is C31H39N3O5S. The van der Waals surface area contributed by atoms with Gasteiger partial charge in [0.05, 0.1) is 11.9 Å². The van der Waals surface area contributed by atoms with Gasteiger partial charge in [0.15, 0.2) is 0 Å². The summed E-state index contributed by atoms with van der Waals surface area (Å²) in [6, 6.07) is 23.1. The smallest absolute Gasteiger partial charge is 0.244 e. The zero-order chi connectivity index (χ0) is 29.3. The van der Waals surface area contributed by atoms with Gasteiger partial charge in [-0.15, -0.1) is 0 Å². The highest BCUT2D eigenvalue weighted by Crippen LogP contribution is 2.23. The van der Waals surface area contributed by atoms with Crippen molar-refractivity contribution in [3.05, 3.63) is 95.6 Å². The number of hydrogen-bond acceptors (Lipinski definition) is 5. The number of carbonyl (C=O) groups excluding carboxylic acids is 2. The SMILES string of the molecule is CC[C@H](C)NC(=O)[C@@H](C)N(Cc1cccc(C)c1)C(=O)CN(c1ccc(OCc2ccccc2)cc1)S(C)(=O)=O. The Morgan fingerprint density at radius 1 is 0.925 bits per heavy atom. The molecule has 2 amide bonds. The van der Waals surface area contributed by atoms with Gasteiger partial charge < -0.3 is 15.0 Å². The van der Waals surface area contributed by atoms with Crippen molar-refractivity contribution in [3.63, 3.8) is 0 Å². The normalized spacial score (nSPS) is 12.7.